The number of amides is 1. The molecule has 0 radical (unpaired) electrons. The van der Waals surface area contributed by atoms with Crippen molar-refractivity contribution in [1.82, 2.24) is 19.6 Å². The quantitative estimate of drug-likeness (QED) is 0.850. The van der Waals surface area contributed by atoms with Gasteiger partial charge in [0.1, 0.15) is 0 Å². The molecule has 0 spiro atoms. The van der Waals surface area contributed by atoms with Gasteiger partial charge in [0.2, 0.25) is 5.91 Å². The highest BCUT2D eigenvalue weighted by Gasteiger charge is 2.35. The zero-order valence-corrected chi connectivity index (χ0v) is 13.2. The van der Waals surface area contributed by atoms with Crippen molar-refractivity contribution in [2.75, 3.05) is 20.1 Å². The molecule has 1 aromatic rings. The van der Waals surface area contributed by atoms with Crippen molar-refractivity contribution in [3.63, 3.8) is 0 Å². The minimum absolute atomic E-state index is 0.102. The molecule has 21 heavy (non-hydrogen) atoms. The monoisotopic (exact) mass is 290 g/mol. The summed E-state index contributed by atoms with van der Waals surface area (Å²) in [5.41, 5.74) is 1.18. The Morgan fingerprint density at radius 1 is 1.29 bits per heavy atom. The fourth-order valence-electron chi connectivity index (χ4n) is 3.68. The molecule has 2 aliphatic heterocycles. The summed E-state index contributed by atoms with van der Waals surface area (Å²) in [5.74, 6) is 0.337. The van der Waals surface area contributed by atoms with Gasteiger partial charge in [-0.1, -0.05) is 0 Å². The summed E-state index contributed by atoms with van der Waals surface area (Å²) in [6.07, 6.45) is 9.56. The van der Waals surface area contributed by atoms with E-state index < -0.39 is 0 Å². The van der Waals surface area contributed by atoms with Crippen LogP contribution in [0.3, 0.4) is 0 Å². The molecule has 1 aromatic heterocycles. The van der Waals surface area contributed by atoms with Crippen LogP contribution < -0.4 is 0 Å². The molecule has 3 heterocycles. The van der Waals surface area contributed by atoms with Crippen molar-refractivity contribution in [1.29, 1.82) is 0 Å². The lowest BCUT2D eigenvalue weighted by Gasteiger charge is -2.38. The summed E-state index contributed by atoms with van der Waals surface area (Å²) < 4.78 is 1.99. The molecule has 5 heteroatoms. The minimum atomic E-state index is 0.102. The second-order valence-electron chi connectivity index (χ2n) is 6.56. The summed E-state index contributed by atoms with van der Waals surface area (Å²) >= 11 is 0. The first-order chi connectivity index (χ1) is 10.1. The summed E-state index contributed by atoms with van der Waals surface area (Å²) in [7, 11) is 2.07. The maximum Gasteiger partial charge on any atom is 0.240 e. The van der Waals surface area contributed by atoms with E-state index in [1.165, 1.54) is 12.0 Å². The van der Waals surface area contributed by atoms with Crippen LogP contribution in [0.5, 0.6) is 0 Å². The van der Waals surface area contributed by atoms with Gasteiger partial charge in [-0.15, -0.1) is 0 Å². The Morgan fingerprint density at radius 3 is 2.81 bits per heavy atom. The van der Waals surface area contributed by atoms with Gasteiger partial charge in [0, 0.05) is 12.7 Å². The molecule has 116 valence electrons. The van der Waals surface area contributed by atoms with Gasteiger partial charge in [0.25, 0.3) is 0 Å². The van der Waals surface area contributed by atoms with Crippen LogP contribution in [-0.4, -0.2) is 57.7 Å². The molecular formula is C16H26N4O. The van der Waals surface area contributed by atoms with E-state index in [0.717, 1.165) is 45.3 Å². The minimum Gasteiger partial charge on any atom is -0.336 e. The average Bonchev–Trinajstić information content (AvgIpc) is 3.07. The lowest BCUT2D eigenvalue weighted by atomic mass is 10.0. The number of rotatable bonds is 3. The predicted octanol–water partition coefficient (Wildman–Crippen LogP) is 1.67. The summed E-state index contributed by atoms with van der Waals surface area (Å²) in [6, 6.07) is 0.407. The number of carbonyl (C=O) groups excluding carboxylic acids is 1. The maximum atomic E-state index is 12.9. The highest BCUT2D eigenvalue weighted by Crippen LogP contribution is 2.24. The van der Waals surface area contributed by atoms with Crippen LogP contribution in [0.25, 0.3) is 0 Å². The summed E-state index contributed by atoms with van der Waals surface area (Å²) in [6.45, 7) is 4.85. The first-order valence-corrected chi connectivity index (χ1v) is 8.15. The molecule has 2 saturated heterocycles. The van der Waals surface area contributed by atoms with Gasteiger partial charge < -0.3 is 4.90 Å². The van der Waals surface area contributed by atoms with E-state index in [9.17, 15) is 4.79 Å². The van der Waals surface area contributed by atoms with E-state index >= 15 is 0 Å². The van der Waals surface area contributed by atoms with E-state index in [1.807, 2.05) is 10.9 Å². The number of nitrogens with zero attached hydrogens (tertiary/aromatic N) is 4. The third-order valence-electron chi connectivity index (χ3n) is 4.88. The van der Waals surface area contributed by atoms with Crippen LogP contribution in [0.4, 0.5) is 0 Å². The Bertz CT molecular complexity index is 498. The van der Waals surface area contributed by atoms with Gasteiger partial charge >= 0.3 is 0 Å². The van der Waals surface area contributed by atoms with Gasteiger partial charge in [-0.25, -0.2) is 0 Å². The van der Waals surface area contributed by atoms with Crippen molar-refractivity contribution >= 4 is 5.91 Å². The van der Waals surface area contributed by atoms with Crippen molar-refractivity contribution < 1.29 is 4.79 Å². The van der Waals surface area contributed by atoms with Crippen LogP contribution in [0.1, 0.15) is 37.7 Å². The van der Waals surface area contributed by atoms with Gasteiger partial charge in [-0.05, 0) is 58.2 Å². The standard InChI is InChI=1S/C16H26N4O/c1-13-10-17-19(11-13)12-14-6-3-4-9-20(14)16(21)15-7-5-8-18(15)2/h10-11,14-15H,3-9,12H2,1-2H3. The second kappa shape index (κ2) is 6.18. The zero-order valence-electron chi connectivity index (χ0n) is 13.2. The van der Waals surface area contributed by atoms with Crippen LogP contribution in [0.2, 0.25) is 0 Å². The molecule has 2 unspecified atom stereocenters. The van der Waals surface area contributed by atoms with Crippen molar-refractivity contribution in [3.05, 3.63) is 18.0 Å². The highest BCUT2D eigenvalue weighted by atomic mass is 16.2. The smallest absolute Gasteiger partial charge is 0.240 e. The van der Waals surface area contributed by atoms with E-state index in [4.69, 9.17) is 0 Å². The first kappa shape index (κ1) is 14.6. The highest BCUT2D eigenvalue weighted by molar-refractivity contribution is 5.82. The number of likely N-dealkylation sites (tertiary alicyclic amines) is 2. The number of carbonyl (C=O) groups is 1. The SMILES string of the molecule is Cc1cnn(CC2CCCCN2C(=O)C2CCCN2C)c1. The van der Waals surface area contributed by atoms with Crippen molar-refractivity contribution in [2.24, 2.45) is 0 Å². The van der Waals surface area contributed by atoms with Crippen molar-refractivity contribution in [2.45, 2.75) is 57.7 Å². The number of hydrogen-bond acceptors (Lipinski definition) is 3. The lowest BCUT2D eigenvalue weighted by molar-refractivity contribution is -0.139. The molecule has 0 N–H and O–H groups in total. The third kappa shape index (κ3) is 3.12. The van der Waals surface area contributed by atoms with Crippen LogP contribution in [-0.2, 0) is 11.3 Å². The molecule has 3 rings (SSSR count). The molecule has 2 atom stereocenters. The second-order valence-corrected chi connectivity index (χ2v) is 6.56. The summed E-state index contributed by atoms with van der Waals surface area (Å²) in [5, 5.41) is 4.38. The zero-order chi connectivity index (χ0) is 14.8. The van der Waals surface area contributed by atoms with Gasteiger partial charge in [0.05, 0.1) is 24.8 Å². The van der Waals surface area contributed by atoms with Gasteiger partial charge in [-0.3, -0.25) is 14.4 Å². The molecule has 1 amide bonds. The Balaban J connectivity index is 1.70. The lowest BCUT2D eigenvalue weighted by Crippen LogP contribution is -2.52. The van der Waals surface area contributed by atoms with E-state index in [2.05, 4.69) is 35.1 Å². The molecule has 0 aromatic carbocycles. The maximum absolute atomic E-state index is 12.9. The van der Waals surface area contributed by atoms with E-state index in [-0.39, 0.29) is 6.04 Å². The molecular weight excluding hydrogens is 264 g/mol. The van der Waals surface area contributed by atoms with Gasteiger partial charge in [-0.2, -0.15) is 5.10 Å². The summed E-state index contributed by atoms with van der Waals surface area (Å²) in [4.78, 5) is 17.2. The van der Waals surface area contributed by atoms with Crippen LogP contribution >= 0.6 is 0 Å². The molecule has 0 saturated carbocycles. The van der Waals surface area contributed by atoms with Crippen LogP contribution in [0.15, 0.2) is 12.4 Å². The number of likely N-dealkylation sites (N-methyl/N-ethyl adjacent to an activating group) is 1. The first-order valence-electron chi connectivity index (χ1n) is 8.15. The fourth-order valence-corrected chi connectivity index (χ4v) is 3.68. The topological polar surface area (TPSA) is 41.4 Å². The Labute approximate surface area is 126 Å². The van der Waals surface area contributed by atoms with Gasteiger partial charge in [0.15, 0.2) is 0 Å². The molecule has 2 fully saturated rings. The fraction of sp³-hybridized carbons (Fsp3) is 0.750. The molecule has 5 nitrogen and oxygen atoms in total. The van der Waals surface area contributed by atoms with E-state index in [0.29, 0.717) is 11.9 Å². The predicted molar refractivity (Wildman–Crippen MR) is 82.0 cm³/mol. The molecule has 0 bridgehead atoms. The Hall–Kier alpha value is -1.36. The Kier molecular flexibility index (Phi) is 4.29. The molecule has 2 aliphatic rings. The average molecular weight is 290 g/mol. The van der Waals surface area contributed by atoms with E-state index in [1.54, 1.807) is 0 Å². The largest absolute Gasteiger partial charge is 0.336 e. The Morgan fingerprint density at radius 2 is 2.14 bits per heavy atom. The number of aryl methyl sites for hydroxylation is 1. The normalized spacial score (nSPS) is 27.2. The number of piperidine rings is 1. The number of aromatic nitrogens is 2. The molecule has 0 aliphatic carbocycles. The van der Waals surface area contributed by atoms with Crippen LogP contribution in [0, 0.1) is 6.92 Å². The number of hydrogen-bond donors (Lipinski definition) is 0. The van der Waals surface area contributed by atoms with Crippen molar-refractivity contribution in [3.8, 4) is 0 Å². The third-order valence-corrected chi connectivity index (χ3v) is 4.88.